The zero-order chi connectivity index (χ0) is 13.8. The summed E-state index contributed by atoms with van der Waals surface area (Å²) in [5.74, 6) is 1.19. The normalized spacial score (nSPS) is 10.0. The van der Waals surface area contributed by atoms with Gasteiger partial charge < -0.3 is 4.74 Å². The van der Waals surface area contributed by atoms with Gasteiger partial charge in [0.15, 0.2) is 0 Å². The first-order chi connectivity index (χ1) is 9.13. The molecular formula is C15H11Cl2NO. The summed E-state index contributed by atoms with van der Waals surface area (Å²) < 4.78 is 5.71. The summed E-state index contributed by atoms with van der Waals surface area (Å²) in [4.78, 5) is 0. The van der Waals surface area contributed by atoms with E-state index >= 15 is 0 Å². The molecule has 0 fully saturated rings. The maximum atomic E-state index is 8.98. The van der Waals surface area contributed by atoms with E-state index in [4.69, 9.17) is 33.2 Å². The lowest BCUT2D eigenvalue weighted by Crippen LogP contribution is -1.91. The van der Waals surface area contributed by atoms with Crippen molar-refractivity contribution in [3.63, 3.8) is 0 Å². The summed E-state index contributed by atoms with van der Waals surface area (Å²) in [6.45, 7) is 2.00. The van der Waals surface area contributed by atoms with Gasteiger partial charge in [0.1, 0.15) is 11.5 Å². The molecule has 0 radical (unpaired) electrons. The lowest BCUT2D eigenvalue weighted by Gasteiger charge is -2.09. The molecule has 2 aromatic rings. The Bertz CT molecular complexity index is 647. The first-order valence-corrected chi connectivity index (χ1v) is 6.55. The maximum absolute atomic E-state index is 8.98. The van der Waals surface area contributed by atoms with E-state index in [0.717, 1.165) is 12.0 Å². The van der Waals surface area contributed by atoms with Crippen LogP contribution in [0.25, 0.3) is 0 Å². The van der Waals surface area contributed by atoms with Gasteiger partial charge in [-0.2, -0.15) is 5.26 Å². The molecule has 0 heterocycles. The minimum Gasteiger partial charge on any atom is -0.456 e. The number of hydrogen-bond acceptors (Lipinski definition) is 2. The summed E-state index contributed by atoms with van der Waals surface area (Å²) in [5.41, 5.74) is 1.61. The Hall–Kier alpha value is -1.69. The zero-order valence-electron chi connectivity index (χ0n) is 10.3. The highest BCUT2D eigenvalue weighted by Crippen LogP contribution is 2.32. The van der Waals surface area contributed by atoms with Crippen LogP contribution in [0.1, 0.15) is 18.1 Å². The summed E-state index contributed by atoms with van der Waals surface area (Å²) in [5, 5.41) is 9.99. The second-order valence-electron chi connectivity index (χ2n) is 3.96. The van der Waals surface area contributed by atoms with Crippen molar-refractivity contribution in [3.8, 4) is 17.6 Å². The molecule has 96 valence electrons. The van der Waals surface area contributed by atoms with Crippen LogP contribution in [0.2, 0.25) is 10.0 Å². The Morgan fingerprint density at radius 3 is 2.58 bits per heavy atom. The van der Waals surface area contributed by atoms with Crippen molar-refractivity contribution in [2.75, 3.05) is 0 Å². The third-order valence-corrected chi connectivity index (χ3v) is 3.23. The van der Waals surface area contributed by atoms with Gasteiger partial charge in [0.05, 0.1) is 16.7 Å². The number of benzene rings is 2. The number of aryl methyl sites for hydroxylation is 1. The minimum atomic E-state index is 0.454. The fraction of sp³-hybridized carbons (Fsp3) is 0.133. The molecule has 0 spiro atoms. The highest BCUT2D eigenvalue weighted by Gasteiger charge is 2.06. The Morgan fingerprint density at radius 2 is 1.95 bits per heavy atom. The standard InChI is InChI=1S/C15H11Cl2NO/c1-2-10-7-13(5-3-11(10)9-18)19-15-6-4-12(16)8-14(15)17/h3-8H,2H2,1H3. The molecule has 0 saturated carbocycles. The predicted molar refractivity (Wildman–Crippen MR) is 77.1 cm³/mol. The van der Waals surface area contributed by atoms with Gasteiger partial charge in [-0.15, -0.1) is 0 Å². The second-order valence-corrected chi connectivity index (χ2v) is 4.80. The molecule has 0 saturated heterocycles. The van der Waals surface area contributed by atoms with Gasteiger partial charge in [-0.25, -0.2) is 0 Å². The molecule has 0 aromatic heterocycles. The van der Waals surface area contributed by atoms with Crippen LogP contribution in [-0.2, 0) is 6.42 Å². The highest BCUT2D eigenvalue weighted by atomic mass is 35.5. The smallest absolute Gasteiger partial charge is 0.146 e. The van der Waals surface area contributed by atoms with Crippen molar-refractivity contribution in [1.82, 2.24) is 0 Å². The minimum absolute atomic E-state index is 0.454. The van der Waals surface area contributed by atoms with Crippen LogP contribution in [0.15, 0.2) is 36.4 Å². The van der Waals surface area contributed by atoms with Crippen molar-refractivity contribution in [2.24, 2.45) is 0 Å². The number of hydrogen-bond donors (Lipinski definition) is 0. The van der Waals surface area contributed by atoms with Crippen LogP contribution < -0.4 is 4.74 Å². The van der Waals surface area contributed by atoms with Crippen LogP contribution in [0.3, 0.4) is 0 Å². The number of rotatable bonds is 3. The van der Waals surface area contributed by atoms with Gasteiger partial charge in [-0.3, -0.25) is 0 Å². The van der Waals surface area contributed by atoms with E-state index in [1.807, 2.05) is 13.0 Å². The summed E-state index contributed by atoms with van der Waals surface area (Å²) >= 11 is 11.9. The molecule has 0 unspecified atom stereocenters. The quantitative estimate of drug-likeness (QED) is 0.777. The van der Waals surface area contributed by atoms with E-state index < -0.39 is 0 Å². The third kappa shape index (κ3) is 3.20. The largest absolute Gasteiger partial charge is 0.456 e. The van der Waals surface area contributed by atoms with Crippen LogP contribution in [0, 0.1) is 11.3 Å². The van der Waals surface area contributed by atoms with Crippen molar-refractivity contribution in [3.05, 3.63) is 57.6 Å². The van der Waals surface area contributed by atoms with E-state index in [9.17, 15) is 0 Å². The lowest BCUT2D eigenvalue weighted by molar-refractivity contribution is 0.482. The molecule has 2 nitrogen and oxygen atoms in total. The number of halogens is 2. The molecule has 0 atom stereocenters. The van der Waals surface area contributed by atoms with Crippen molar-refractivity contribution < 1.29 is 4.74 Å². The van der Waals surface area contributed by atoms with E-state index in [-0.39, 0.29) is 0 Å². The monoisotopic (exact) mass is 291 g/mol. The average Bonchev–Trinajstić information content (AvgIpc) is 2.41. The Labute approximate surface area is 122 Å². The number of ether oxygens (including phenoxy) is 1. The molecule has 4 heteroatoms. The van der Waals surface area contributed by atoms with Crippen molar-refractivity contribution in [1.29, 1.82) is 5.26 Å². The summed E-state index contributed by atoms with van der Waals surface area (Å²) in [6, 6.07) is 12.6. The predicted octanol–water partition coefficient (Wildman–Crippen LogP) is 5.22. The van der Waals surface area contributed by atoms with Crippen LogP contribution in [0.5, 0.6) is 11.5 Å². The van der Waals surface area contributed by atoms with E-state index in [2.05, 4.69) is 6.07 Å². The highest BCUT2D eigenvalue weighted by molar-refractivity contribution is 6.35. The van der Waals surface area contributed by atoms with Gasteiger partial charge >= 0.3 is 0 Å². The van der Waals surface area contributed by atoms with Gasteiger partial charge in [0.25, 0.3) is 0 Å². The molecule has 0 bridgehead atoms. The number of nitrogens with zero attached hydrogens (tertiary/aromatic N) is 1. The van der Waals surface area contributed by atoms with Gasteiger partial charge in [0, 0.05) is 5.02 Å². The molecular weight excluding hydrogens is 281 g/mol. The van der Waals surface area contributed by atoms with Gasteiger partial charge in [-0.1, -0.05) is 30.1 Å². The fourth-order valence-electron chi connectivity index (χ4n) is 1.72. The number of nitriles is 1. The molecule has 19 heavy (non-hydrogen) atoms. The van der Waals surface area contributed by atoms with E-state index in [1.54, 1.807) is 30.3 Å². The SMILES string of the molecule is CCc1cc(Oc2ccc(Cl)cc2Cl)ccc1C#N. The lowest BCUT2D eigenvalue weighted by atomic mass is 10.1. The van der Waals surface area contributed by atoms with Gasteiger partial charge in [0.2, 0.25) is 0 Å². The molecule has 0 aliphatic carbocycles. The fourth-order valence-corrected chi connectivity index (χ4v) is 2.17. The summed E-state index contributed by atoms with van der Waals surface area (Å²) in [7, 11) is 0. The second kappa shape index (κ2) is 5.97. The van der Waals surface area contributed by atoms with Crippen LogP contribution in [-0.4, -0.2) is 0 Å². The third-order valence-electron chi connectivity index (χ3n) is 2.70. The van der Waals surface area contributed by atoms with Crippen LogP contribution >= 0.6 is 23.2 Å². The van der Waals surface area contributed by atoms with Crippen LogP contribution in [0.4, 0.5) is 0 Å². The zero-order valence-corrected chi connectivity index (χ0v) is 11.8. The van der Waals surface area contributed by atoms with Gasteiger partial charge in [-0.05, 0) is 48.4 Å². The molecule has 0 amide bonds. The van der Waals surface area contributed by atoms with E-state index in [1.165, 1.54) is 0 Å². The first-order valence-electron chi connectivity index (χ1n) is 5.80. The molecule has 0 aliphatic rings. The molecule has 0 aliphatic heterocycles. The van der Waals surface area contributed by atoms with E-state index in [0.29, 0.717) is 27.1 Å². The molecule has 2 rings (SSSR count). The first kappa shape index (κ1) is 13.7. The molecule has 2 aromatic carbocycles. The summed E-state index contributed by atoms with van der Waals surface area (Å²) in [6.07, 6.45) is 0.772. The van der Waals surface area contributed by atoms with Crippen molar-refractivity contribution >= 4 is 23.2 Å². The maximum Gasteiger partial charge on any atom is 0.146 e. The Morgan fingerprint density at radius 1 is 1.16 bits per heavy atom. The Balaban J connectivity index is 2.31. The average molecular weight is 292 g/mol. The van der Waals surface area contributed by atoms with Crippen molar-refractivity contribution in [2.45, 2.75) is 13.3 Å². The topological polar surface area (TPSA) is 33.0 Å². The molecule has 0 N–H and O–H groups in total. The Kier molecular flexibility index (Phi) is 4.31.